The molecular formula is C6H13N5. The van der Waals surface area contributed by atoms with Gasteiger partial charge in [0.1, 0.15) is 5.82 Å². The predicted molar refractivity (Wildman–Crippen MR) is 42.9 cm³/mol. The third kappa shape index (κ3) is 1.48. The monoisotopic (exact) mass is 155 g/mol. The Bertz CT molecular complexity index is 239. The Kier molecular flexibility index (Phi) is 1.82. The highest BCUT2D eigenvalue weighted by atomic mass is 15.3. The number of hydrogen-bond acceptors (Lipinski definition) is 4. The number of rotatable bonds is 2. The first-order valence-corrected chi connectivity index (χ1v) is 3.44. The summed E-state index contributed by atoms with van der Waals surface area (Å²) in [5.74, 6) is 0.999. The number of H-pyrrole nitrogens is 1. The van der Waals surface area contributed by atoms with E-state index in [1.807, 2.05) is 13.8 Å². The molecule has 0 saturated heterocycles. The van der Waals surface area contributed by atoms with Gasteiger partial charge < -0.3 is 11.5 Å². The zero-order valence-corrected chi connectivity index (χ0v) is 6.76. The summed E-state index contributed by atoms with van der Waals surface area (Å²) in [5, 5.41) is 6.45. The second-order valence-electron chi connectivity index (χ2n) is 3.13. The number of nitrogens with two attached hydrogens (primary N) is 2. The molecule has 1 aromatic rings. The molecule has 11 heavy (non-hydrogen) atoms. The first kappa shape index (κ1) is 8.00. The zero-order valence-electron chi connectivity index (χ0n) is 6.76. The second kappa shape index (κ2) is 2.50. The van der Waals surface area contributed by atoms with E-state index in [-0.39, 0.29) is 11.4 Å². The van der Waals surface area contributed by atoms with Crippen LogP contribution in [-0.2, 0) is 5.41 Å². The fourth-order valence-corrected chi connectivity index (χ4v) is 0.674. The fraction of sp³-hybridized carbons (Fsp3) is 0.667. The molecule has 1 heterocycles. The van der Waals surface area contributed by atoms with Crippen LogP contribution in [0.4, 0.5) is 5.95 Å². The third-order valence-electron chi connectivity index (χ3n) is 1.65. The van der Waals surface area contributed by atoms with Crippen LogP contribution >= 0.6 is 0 Å². The molecule has 0 radical (unpaired) electrons. The molecule has 0 spiro atoms. The van der Waals surface area contributed by atoms with Gasteiger partial charge in [0.25, 0.3) is 0 Å². The average molecular weight is 155 g/mol. The lowest BCUT2D eigenvalue weighted by molar-refractivity contribution is 0.505. The van der Waals surface area contributed by atoms with Crippen LogP contribution in [0.15, 0.2) is 0 Å². The Morgan fingerprint density at radius 1 is 1.55 bits per heavy atom. The maximum absolute atomic E-state index is 5.52. The first-order chi connectivity index (χ1) is 5.06. The van der Waals surface area contributed by atoms with Crippen molar-refractivity contribution in [2.75, 3.05) is 12.3 Å². The molecule has 0 aliphatic rings. The van der Waals surface area contributed by atoms with Gasteiger partial charge in [-0.2, -0.15) is 4.98 Å². The molecule has 0 unspecified atom stereocenters. The highest BCUT2D eigenvalue weighted by molar-refractivity contribution is 5.16. The number of aromatic nitrogens is 3. The lowest BCUT2D eigenvalue weighted by atomic mass is 9.93. The number of hydrogen-bond donors (Lipinski definition) is 3. The van der Waals surface area contributed by atoms with Gasteiger partial charge in [-0.15, -0.1) is 5.10 Å². The molecule has 0 amide bonds. The van der Waals surface area contributed by atoms with Gasteiger partial charge in [-0.1, -0.05) is 13.8 Å². The van der Waals surface area contributed by atoms with E-state index in [1.54, 1.807) is 0 Å². The van der Waals surface area contributed by atoms with E-state index in [1.165, 1.54) is 0 Å². The normalized spacial score (nSPS) is 11.9. The zero-order chi connectivity index (χ0) is 8.48. The first-order valence-electron chi connectivity index (χ1n) is 3.44. The highest BCUT2D eigenvalue weighted by Crippen LogP contribution is 2.16. The molecule has 0 aliphatic carbocycles. The quantitative estimate of drug-likeness (QED) is 0.542. The van der Waals surface area contributed by atoms with Crippen molar-refractivity contribution in [2.24, 2.45) is 5.73 Å². The highest BCUT2D eigenvalue weighted by Gasteiger charge is 2.22. The van der Waals surface area contributed by atoms with E-state index in [0.29, 0.717) is 6.54 Å². The van der Waals surface area contributed by atoms with Crippen LogP contribution in [0.2, 0.25) is 0 Å². The smallest absolute Gasteiger partial charge is 0.239 e. The molecular weight excluding hydrogens is 142 g/mol. The molecule has 5 nitrogen and oxygen atoms in total. The van der Waals surface area contributed by atoms with Gasteiger partial charge in [-0.25, -0.2) is 0 Å². The van der Waals surface area contributed by atoms with Crippen molar-refractivity contribution < 1.29 is 0 Å². The van der Waals surface area contributed by atoms with Crippen molar-refractivity contribution in [3.63, 3.8) is 0 Å². The lowest BCUT2D eigenvalue weighted by Gasteiger charge is -2.17. The molecule has 1 rings (SSSR count). The Morgan fingerprint density at radius 3 is 2.55 bits per heavy atom. The van der Waals surface area contributed by atoms with Crippen molar-refractivity contribution in [1.29, 1.82) is 0 Å². The molecule has 62 valence electrons. The van der Waals surface area contributed by atoms with Gasteiger partial charge in [-0.05, 0) is 0 Å². The predicted octanol–water partition coefficient (Wildman–Crippen LogP) is -0.377. The number of nitrogen functional groups attached to an aromatic ring is 1. The van der Waals surface area contributed by atoms with Crippen molar-refractivity contribution in [3.05, 3.63) is 5.82 Å². The van der Waals surface area contributed by atoms with E-state index in [9.17, 15) is 0 Å². The molecule has 5 heteroatoms. The molecule has 0 bridgehead atoms. The van der Waals surface area contributed by atoms with Crippen molar-refractivity contribution in [2.45, 2.75) is 19.3 Å². The maximum Gasteiger partial charge on any atom is 0.239 e. The molecule has 1 aromatic heterocycles. The van der Waals surface area contributed by atoms with Crippen molar-refractivity contribution >= 4 is 5.95 Å². The fourth-order valence-electron chi connectivity index (χ4n) is 0.674. The minimum Gasteiger partial charge on any atom is -0.367 e. The van der Waals surface area contributed by atoms with Gasteiger partial charge >= 0.3 is 0 Å². The Hall–Kier alpha value is -1.10. The molecule has 5 N–H and O–H groups in total. The van der Waals surface area contributed by atoms with Crippen LogP contribution in [0, 0.1) is 0 Å². The SMILES string of the molecule is CC(C)(CN)c1nc(N)n[nH]1. The minimum atomic E-state index is -0.176. The lowest BCUT2D eigenvalue weighted by Crippen LogP contribution is -2.29. The van der Waals surface area contributed by atoms with Crippen LogP contribution in [0.25, 0.3) is 0 Å². The third-order valence-corrected chi connectivity index (χ3v) is 1.65. The van der Waals surface area contributed by atoms with Gasteiger partial charge in [0, 0.05) is 12.0 Å². The minimum absolute atomic E-state index is 0.176. The van der Waals surface area contributed by atoms with Crippen LogP contribution in [0.1, 0.15) is 19.7 Å². The van der Waals surface area contributed by atoms with E-state index >= 15 is 0 Å². The number of nitrogens with one attached hydrogen (secondary N) is 1. The number of aromatic amines is 1. The average Bonchev–Trinajstić information content (AvgIpc) is 2.36. The van der Waals surface area contributed by atoms with Crippen LogP contribution < -0.4 is 11.5 Å². The standard InChI is InChI=1S/C6H13N5/c1-6(2,3-7)4-9-5(8)11-10-4/h3,7H2,1-2H3,(H3,8,9,10,11). The van der Waals surface area contributed by atoms with Crippen molar-refractivity contribution in [3.8, 4) is 0 Å². The Morgan fingerprint density at radius 2 is 2.18 bits per heavy atom. The summed E-state index contributed by atoms with van der Waals surface area (Å²) >= 11 is 0. The summed E-state index contributed by atoms with van der Waals surface area (Å²) in [6.45, 7) is 4.47. The van der Waals surface area contributed by atoms with E-state index in [4.69, 9.17) is 11.5 Å². The van der Waals surface area contributed by atoms with Gasteiger partial charge in [0.2, 0.25) is 5.95 Å². The topological polar surface area (TPSA) is 93.6 Å². The van der Waals surface area contributed by atoms with E-state index in [0.717, 1.165) is 5.82 Å². The molecule has 0 aromatic carbocycles. The summed E-state index contributed by atoms with van der Waals surface area (Å²) in [5.41, 5.74) is 10.7. The number of nitrogens with zero attached hydrogens (tertiary/aromatic N) is 2. The van der Waals surface area contributed by atoms with Crippen LogP contribution in [0.3, 0.4) is 0 Å². The van der Waals surface area contributed by atoms with Gasteiger partial charge in [-0.3, -0.25) is 5.10 Å². The molecule has 0 fully saturated rings. The Balaban J connectivity index is 2.92. The summed E-state index contributed by atoms with van der Waals surface area (Å²) in [6.07, 6.45) is 0. The van der Waals surface area contributed by atoms with E-state index < -0.39 is 0 Å². The molecule has 0 aliphatic heterocycles. The summed E-state index contributed by atoms with van der Waals surface area (Å²) in [6, 6.07) is 0. The van der Waals surface area contributed by atoms with Crippen LogP contribution in [0.5, 0.6) is 0 Å². The molecule has 0 atom stereocenters. The summed E-state index contributed by atoms with van der Waals surface area (Å²) in [4.78, 5) is 3.98. The van der Waals surface area contributed by atoms with E-state index in [2.05, 4.69) is 15.2 Å². The maximum atomic E-state index is 5.52. The van der Waals surface area contributed by atoms with Crippen molar-refractivity contribution in [1.82, 2.24) is 15.2 Å². The van der Waals surface area contributed by atoms with Gasteiger partial charge in [0.15, 0.2) is 0 Å². The van der Waals surface area contributed by atoms with Gasteiger partial charge in [0.05, 0.1) is 0 Å². The molecule has 0 saturated carbocycles. The van der Waals surface area contributed by atoms with Crippen LogP contribution in [-0.4, -0.2) is 21.7 Å². The largest absolute Gasteiger partial charge is 0.367 e. The summed E-state index contributed by atoms with van der Waals surface area (Å²) in [7, 11) is 0. The number of anilines is 1. The summed E-state index contributed by atoms with van der Waals surface area (Å²) < 4.78 is 0. The Labute approximate surface area is 65.2 Å². The second-order valence-corrected chi connectivity index (χ2v) is 3.13.